The summed E-state index contributed by atoms with van der Waals surface area (Å²) in [5.74, 6) is 0.776. The van der Waals surface area contributed by atoms with Crippen LogP contribution in [-0.4, -0.2) is 26.3 Å². The lowest BCUT2D eigenvalue weighted by Gasteiger charge is -2.10. The van der Waals surface area contributed by atoms with Crippen molar-refractivity contribution in [3.05, 3.63) is 87.6 Å². The van der Waals surface area contributed by atoms with E-state index in [9.17, 15) is 9.18 Å². The number of hydrazone groups is 1. The predicted octanol–water partition coefficient (Wildman–Crippen LogP) is 4.95. The highest BCUT2D eigenvalue weighted by Crippen LogP contribution is 2.27. The summed E-state index contributed by atoms with van der Waals surface area (Å²) in [4.78, 5) is 12.4. The van der Waals surface area contributed by atoms with E-state index in [2.05, 4.69) is 26.5 Å². The number of carbonyl (C=O) groups is 1. The Morgan fingerprint density at radius 1 is 1.03 bits per heavy atom. The minimum atomic E-state index is -0.408. The fraction of sp³-hybridized carbons (Fsp3) is 0.130. The molecule has 0 bridgehead atoms. The summed E-state index contributed by atoms with van der Waals surface area (Å²) in [5.41, 5.74) is 4.18. The molecule has 3 aromatic rings. The summed E-state index contributed by atoms with van der Waals surface area (Å²) in [7, 11) is 3.02. The summed E-state index contributed by atoms with van der Waals surface area (Å²) in [5, 5.41) is 4.03. The number of methoxy groups -OCH3 is 2. The Bertz CT molecular complexity index is 1100. The molecule has 0 fully saturated rings. The normalized spacial score (nSPS) is 10.7. The van der Waals surface area contributed by atoms with Crippen molar-refractivity contribution in [2.75, 3.05) is 14.2 Å². The van der Waals surface area contributed by atoms with Crippen molar-refractivity contribution in [3.63, 3.8) is 0 Å². The van der Waals surface area contributed by atoms with Gasteiger partial charge < -0.3 is 14.2 Å². The lowest BCUT2D eigenvalue weighted by Crippen LogP contribution is -2.17. The Balaban J connectivity index is 1.70. The van der Waals surface area contributed by atoms with Crippen LogP contribution in [0, 0.1) is 5.82 Å². The largest absolute Gasteiger partial charge is 0.493 e. The fourth-order valence-corrected chi connectivity index (χ4v) is 3.12. The molecule has 0 radical (unpaired) electrons. The zero-order chi connectivity index (χ0) is 22.2. The SMILES string of the molecule is COc1ccc(C(=O)NN=Cc2cc(Br)ccc2OCc2cccc(F)c2)cc1OC. The molecule has 0 saturated carbocycles. The number of rotatable bonds is 8. The van der Waals surface area contributed by atoms with Crippen molar-refractivity contribution in [1.82, 2.24) is 5.43 Å². The molecule has 0 saturated heterocycles. The molecule has 0 spiro atoms. The molecule has 1 N–H and O–H groups in total. The van der Waals surface area contributed by atoms with Crippen LogP contribution in [0.5, 0.6) is 17.2 Å². The van der Waals surface area contributed by atoms with Crippen molar-refractivity contribution in [1.29, 1.82) is 0 Å². The summed E-state index contributed by atoms with van der Waals surface area (Å²) in [6, 6.07) is 16.4. The van der Waals surface area contributed by atoms with Gasteiger partial charge in [-0.05, 0) is 54.1 Å². The Morgan fingerprint density at radius 2 is 1.81 bits per heavy atom. The zero-order valence-electron chi connectivity index (χ0n) is 16.9. The molecule has 31 heavy (non-hydrogen) atoms. The van der Waals surface area contributed by atoms with Crippen LogP contribution in [0.1, 0.15) is 21.5 Å². The number of carbonyl (C=O) groups excluding carboxylic acids is 1. The average molecular weight is 487 g/mol. The molecule has 0 aliphatic carbocycles. The highest BCUT2D eigenvalue weighted by atomic mass is 79.9. The second-order valence-corrected chi connectivity index (χ2v) is 7.29. The van der Waals surface area contributed by atoms with E-state index in [4.69, 9.17) is 14.2 Å². The van der Waals surface area contributed by atoms with Crippen molar-refractivity contribution < 1.29 is 23.4 Å². The van der Waals surface area contributed by atoms with E-state index in [0.717, 1.165) is 4.47 Å². The van der Waals surface area contributed by atoms with Gasteiger partial charge in [0.05, 0.1) is 20.4 Å². The van der Waals surface area contributed by atoms with Crippen LogP contribution in [0.4, 0.5) is 4.39 Å². The molecule has 6 nitrogen and oxygen atoms in total. The van der Waals surface area contributed by atoms with Crippen LogP contribution in [0.3, 0.4) is 0 Å². The summed E-state index contributed by atoms with van der Waals surface area (Å²) < 4.78 is 30.4. The van der Waals surface area contributed by atoms with Crippen LogP contribution >= 0.6 is 15.9 Å². The fourth-order valence-electron chi connectivity index (χ4n) is 2.74. The minimum absolute atomic E-state index is 0.193. The smallest absolute Gasteiger partial charge is 0.271 e. The molecule has 3 rings (SSSR count). The lowest BCUT2D eigenvalue weighted by atomic mass is 10.2. The molecule has 1 amide bonds. The van der Waals surface area contributed by atoms with Gasteiger partial charge in [-0.2, -0.15) is 5.10 Å². The van der Waals surface area contributed by atoms with Gasteiger partial charge >= 0.3 is 0 Å². The van der Waals surface area contributed by atoms with Crippen molar-refractivity contribution in [3.8, 4) is 17.2 Å². The second kappa shape index (κ2) is 10.6. The van der Waals surface area contributed by atoms with Gasteiger partial charge in [0.25, 0.3) is 5.91 Å². The van der Waals surface area contributed by atoms with E-state index in [1.807, 2.05) is 6.07 Å². The van der Waals surface area contributed by atoms with Crippen molar-refractivity contribution in [2.24, 2.45) is 5.10 Å². The minimum Gasteiger partial charge on any atom is -0.493 e. The van der Waals surface area contributed by atoms with Crippen molar-refractivity contribution in [2.45, 2.75) is 6.61 Å². The molecule has 0 aromatic heterocycles. The third kappa shape index (κ3) is 6.05. The third-order valence-electron chi connectivity index (χ3n) is 4.27. The molecular formula is C23H20BrFN2O4. The molecule has 0 aliphatic heterocycles. The number of benzene rings is 3. The zero-order valence-corrected chi connectivity index (χ0v) is 18.5. The van der Waals surface area contributed by atoms with E-state index in [1.165, 1.54) is 32.6 Å². The van der Waals surface area contributed by atoms with Gasteiger partial charge in [0, 0.05) is 15.6 Å². The monoisotopic (exact) mass is 486 g/mol. The third-order valence-corrected chi connectivity index (χ3v) is 4.76. The molecule has 0 atom stereocenters. The molecule has 0 unspecified atom stereocenters. The Hall–Kier alpha value is -3.39. The maximum absolute atomic E-state index is 13.4. The predicted molar refractivity (Wildman–Crippen MR) is 119 cm³/mol. The topological polar surface area (TPSA) is 69.2 Å². The number of ether oxygens (including phenoxy) is 3. The number of hydrogen-bond acceptors (Lipinski definition) is 5. The van der Waals surface area contributed by atoms with Gasteiger partial charge in [-0.25, -0.2) is 9.82 Å². The van der Waals surface area contributed by atoms with Crippen LogP contribution in [0.25, 0.3) is 0 Å². The molecule has 0 aliphatic rings. The first-order valence-electron chi connectivity index (χ1n) is 9.22. The number of hydrogen-bond donors (Lipinski definition) is 1. The van der Waals surface area contributed by atoms with Crippen molar-refractivity contribution >= 4 is 28.1 Å². The Morgan fingerprint density at radius 3 is 2.55 bits per heavy atom. The first-order valence-corrected chi connectivity index (χ1v) is 10.0. The summed E-state index contributed by atoms with van der Waals surface area (Å²) in [6.07, 6.45) is 1.48. The van der Waals surface area contributed by atoms with Crippen LogP contribution < -0.4 is 19.6 Å². The van der Waals surface area contributed by atoms with E-state index in [-0.39, 0.29) is 12.4 Å². The Kier molecular flexibility index (Phi) is 7.61. The van der Waals surface area contributed by atoms with Gasteiger partial charge in [-0.1, -0.05) is 28.1 Å². The van der Waals surface area contributed by atoms with Crippen LogP contribution in [0.2, 0.25) is 0 Å². The number of halogens is 2. The van der Waals surface area contributed by atoms with Crippen LogP contribution in [0.15, 0.2) is 70.2 Å². The van der Waals surface area contributed by atoms with E-state index in [0.29, 0.717) is 33.9 Å². The molecular weight excluding hydrogens is 467 g/mol. The highest BCUT2D eigenvalue weighted by molar-refractivity contribution is 9.10. The summed E-state index contributed by atoms with van der Waals surface area (Å²) >= 11 is 3.41. The first kappa shape index (κ1) is 22.3. The average Bonchev–Trinajstić information content (AvgIpc) is 2.78. The van der Waals surface area contributed by atoms with Gasteiger partial charge in [0.15, 0.2) is 11.5 Å². The van der Waals surface area contributed by atoms with E-state index in [1.54, 1.807) is 42.5 Å². The number of nitrogens with one attached hydrogen (secondary N) is 1. The lowest BCUT2D eigenvalue weighted by molar-refractivity contribution is 0.0954. The quantitative estimate of drug-likeness (QED) is 0.361. The molecule has 8 heteroatoms. The van der Waals surface area contributed by atoms with E-state index < -0.39 is 5.91 Å². The molecule has 0 heterocycles. The maximum Gasteiger partial charge on any atom is 0.271 e. The standard InChI is InChI=1S/C23H20BrFN2O4/c1-29-21-8-6-16(12-22(21)30-2)23(28)27-26-13-17-11-18(24)7-9-20(17)31-14-15-4-3-5-19(25)10-15/h3-13H,14H2,1-2H3,(H,27,28). The van der Waals surface area contributed by atoms with Gasteiger partial charge in [0.1, 0.15) is 18.2 Å². The molecule has 160 valence electrons. The Labute approximate surface area is 187 Å². The number of nitrogens with zero attached hydrogens (tertiary/aromatic N) is 1. The van der Waals surface area contributed by atoms with Gasteiger partial charge in [-0.15, -0.1) is 0 Å². The molecule has 3 aromatic carbocycles. The first-order chi connectivity index (χ1) is 15.0. The number of amides is 1. The highest BCUT2D eigenvalue weighted by Gasteiger charge is 2.10. The van der Waals surface area contributed by atoms with Gasteiger partial charge in [-0.3, -0.25) is 4.79 Å². The second-order valence-electron chi connectivity index (χ2n) is 6.37. The van der Waals surface area contributed by atoms with Crippen LogP contribution in [-0.2, 0) is 6.61 Å². The van der Waals surface area contributed by atoms with Gasteiger partial charge in [0.2, 0.25) is 0 Å². The van der Waals surface area contributed by atoms with E-state index >= 15 is 0 Å². The maximum atomic E-state index is 13.4. The summed E-state index contributed by atoms with van der Waals surface area (Å²) in [6.45, 7) is 0.193.